The number of ether oxygens (including phenoxy) is 1. The van der Waals surface area contributed by atoms with Crippen LogP contribution in [-0.4, -0.2) is 30.3 Å². The molecule has 3 unspecified atom stereocenters. The Hall–Kier alpha value is -0.930. The summed E-state index contributed by atoms with van der Waals surface area (Å²) >= 11 is 0. The van der Waals surface area contributed by atoms with Gasteiger partial charge in [-0.2, -0.15) is 0 Å². The second-order valence-electron chi connectivity index (χ2n) is 5.77. The number of hydrogen-bond acceptors (Lipinski definition) is 3. The lowest BCUT2D eigenvalue weighted by Gasteiger charge is -2.28. The fourth-order valence-electron chi connectivity index (χ4n) is 3.04. The maximum Gasteiger partial charge on any atom is 0.0575 e. The number of nitrogens with zero attached hydrogens (tertiary/aromatic N) is 1. The molecular weight excluding hydrogens is 248 g/mol. The fraction of sp³-hybridized carbons (Fsp3) is 0.706. The van der Waals surface area contributed by atoms with Gasteiger partial charge in [0.1, 0.15) is 0 Å². The van der Waals surface area contributed by atoms with Crippen molar-refractivity contribution in [3.8, 4) is 0 Å². The molecule has 1 aliphatic rings. The summed E-state index contributed by atoms with van der Waals surface area (Å²) in [5.41, 5.74) is 1.18. The van der Waals surface area contributed by atoms with Crippen molar-refractivity contribution in [1.29, 1.82) is 0 Å². The van der Waals surface area contributed by atoms with Crippen LogP contribution in [0.2, 0.25) is 0 Å². The smallest absolute Gasteiger partial charge is 0.0575 e. The molecule has 1 aromatic heterocycles. The summed E-state index contributed by atoms with van der Waals surface area (Å²) in [6.45, 7) is 6.41. The number of hydrogen-bond donors (Lipinski definition) is 1. The van der Waals surface area contributed by atoms with Crippen molar-refractivity contribution in [2.45, 2.75) is 64.0 Å². The second-order valence-corrected chi connectivity index (χ2v) is 5.77. The summed E-state index contributed by atoms with van der Waals surface area (Å²) in [6.07, 6.45) is 8.48. The zero-order valence-corrected chi connectivity index (χ0v) is 12.8. The third-order valence-corrected chi connectivity index (χ3v) is 4.30. The lowest BCUT2D eigenvalue weighted by molar-refractivity contribution is 0.00821. The van der Waals surface area contributed by atoms with Gasteiger partial charge in [-0.25, -0.2) is 0 Å². The molecule has 1 fully saturated rings. The van der Waals surface area contributed by atoms with Crippen LogP contribution in [0.1, 0.15) is 57.6 Å². The van der Waals surface area contributed by atoms with Crippen LogP contribution >= 0.6 is 0 Å². The third kappa shape index (κ3) is 4.57. The van der Waals surface area contributed by atoms with Gasteiger partial charge in [-0.3, -0.25) is 4.98 Å². The molecule has 0 spiro atoms. The zero-order chi connectivity index (χ0) is 14.2. The average Bonchev–Trinajstić information content (AvgIpc) is 2.52. The molecular formula is C17H28N2O. The molecule has 0 amide bonds. The van der Waals surface area contributed by atoms with Crippen molar-refractivity contribution >= 4 is 0 Å². The maximum atomic E-state index is 5.85. The van der Waals surface area contributed by atoms with E-state index in [-0.39, 0.29) is 0 Å². The molecule has 1 aromatic rings. The Labute approximate surface area is 123 Å². The van der Waals surface area contributed by atoms with Crippen LogP contribution in [-0.2, 0) is 4.74 Å². The largest absolute Gasteiger partial charge is 0.378 e. The molecule has 0 aliphatic carbocycles. The standard InChI is InChI=1S/C17H28N2O/c1-3-18-17(11-10-15-8-5-7-13-20-15)14(2)16-9-4-6-12-19-16/h4,6,9,12,14-15,17-18H,3,5,7-8,10-11,13H2,1-2H3. The SMILES string of the molecule is CCNC(CCC1CCCCO1)C(C)c1ccccn1. The van der Waals surface area contributed by atoms with E-state index in [1.54, 1.807) is 0 Å². The fourth-order valence-corrected chi connectivity index (χ4v) is 3.04. The molecule has 2 heterocycles. The average molecular weight is 276 g/mol. The first kappa shape index (κ1) is 15.5. The van der Waals surface area contributed by atoms with Crippen LogP contribution in [0.3, 0.4) is 0 Å². The molecule has 112 valence electrons. The van der Waals surface area contributed by atoms with E-state index in [2.05, 4.69) is 36.3 Å². The van der Waals surface area contributed by atoms with Gasteiger partial charge >= 0.3 is 0 Å². The van der Waals surface area contributed by atoms with E-state index in [9.17, 15) is 0 Å². The van der Waals surface area contributed by atoms with E-state index in [1.807, 2.05) is 12.3 Å². The minimum absolute atomic E-state index is 0.444. The first-order valence-electron chi connectivity index (χ1n) is 8.07. The number of likely N-dealkylation sites (N-methyl/N-ethyl adjacent to an activating group) is 1. The zero-order valence-electron chi connectivity index (χ0n) is 12.8. The van der Waals surface area contributed by atoms with Crippen molar-refractivity contribution in [3.05, 3.63) is 30.1 Å². The van der Waals surface area contributed by atoms with Crippen molar-refractivity contribution in [2.75, 3.05) is 13.2 Å². The Morgan fingerprint density at radius 3 is 2.95 bits per heavy atom. The molecule has 0 aromatic carbocycles. The van der Waals surface area contributed by atoms with Crippen molar-refractivity contribution in [1.82, 2.24) is 10.3 Å². The molecule has 3 heteroatoms. The summed E-state index contributed by atoms with van der Waals surface area (Å²) in [6, 6.07) is 6.67. The van der Waals surface area contributed by atoms with E-state index in [0.29, 0.717) is 18.1 Å². The number of aromatic nitrogens is 1. The highest BCUT2D eigenvalue weighted by Gasteiger charge is 2.21. The molecule has 1 N–H and O–H groups in total. The van der Waals surface area contributed by atoms with Gasteiger partial charge in [0.05, 0.1) is 6.10 Å². The van der Waals surface area contributed by atoms with Gasteiger partial charge < -0.3 is 10.1 Å². The summed E-state index contributed by atoms with van der Waals surface area (Å²) in [4.78, 5) is 4.51. The number of rotatable bonds is 7. The number of nitrogens with one attached hydrogen (secondary N) is 1. The number of pyridine rings is 1. The minimum atomic E-state index is 0.444. The monoisotopic (exact) mass is 276 g/mol. The Balaban J connectivity index is 1.88. The highest BCUT2D eigenvalue weighted by atomic mass is 16.5. The molecule has 0 saturated carbocycles. The van der Waals surface area contributed by atoms with Crippen LogP contribution in [0.25, 0.3) is 0 Å². The van der Waals surface area contributed by atoms with Crippen LogP contribution < -0.4 is 5.32 Å². The molecule has 3 nitrogen and oxygen atoms in total. The lowest BCUT2D eigenvalue weighted by atomic mass is 9.91. The van der Waals surface area contributed by atoms with Gasteiger partial charge in [-0.15, -0.1) is 0 Å². The summed E-state index contributed by atoms with van der Waals surface area (Å²) in [5.74, 6) is 0.444. The van der Waals surface area contributed by atoms with Gasteiger partial charge in [0, 0.05) is 30.5 Å². The summed E-state index contributed by atoms with van der Waals surface area (Å²) in [7, 11) is 0. The third-order valence-electron chi connectivity index (χ3n) is 4.30. The van der Waals surface area contributed by atoms with E-state index in [0.717, 1.165) is 26.0 Å². The van der Waals surface area contributed by atoms with Crippen LogP contribution in [0.15, 0.2) is 24.4 Å². The molecule has 20 heavy (non-hydrogen) atoms. The molecule has 1 saturated heterocycles. The van der Waals surface area contributed by atoms with Crippen LogP contribution in [0.4, 0.5) is 0 Å². The highest BCUT2D eigenvalue weighted by molar-refractivity contribution is 5.11. The van der Waals surface area contributed by atoms with Crippen molar-refractivity contribution in [3.63, 3.8) is 0 Å². The first-order valence-corrected chi connectivity index (χ1v) is 8.07. The van der Waals surface area contributed by atoms with Gasteiger partial charge in [0.2, 0.25) is 0 Å². The molecule has 3 atom stereocenters. The Morgan fingerprint density at radius 1 is 1.40 bits per heavy atom. The molecule has 0 radical (unpaired) electrons. The Kier molecular flexibility index (Phi) is 6.48. The quantitative estimate of drug-likeness (QED) is 0.827. The minimum Gasteiger partial charge on any atom is -0.378 e. The van der Waals surface area contributed by atoms with Crippen LogP contribution in [0.5, 0.6) is 0 Å². The summed E-state index contributed by atoms with van der Waals surface area (Å²) < 4.78 is 5.85. The predicted molar refractivity (Wildman–Crippen MR) is 82.9 cm³/mol. The van der Waals surface area contributed by atoms with E-state index in [4.69, 9.17) is 4.74 Å². The van der Waals surface area contributed by atoms with Crippen LogP contribution in [0, 0.1) is 0 Å². The van der Waals surface area contributed by atoms with Gasteiger partial charge in [0.25, 0.3) is 0 Å². The van der Waals surface area contributed by atoms with Crippen molar-refractivity contribution < 1.29 is 4.74 Å². The van der Waals surface area contributed by atoms with E-state index in [1.165, 1.54) is 25.0 Å². The first-order chi connectivity index (χ1) is 9.81. The molecule has 1 aliphatic heterocycles. The van der Waals surface area contributed by atoms with Gasteiger partial charge in [-0.1, -0.05) is 19.9 Å². The predicted octanol–water partition coefficient (Wildman–Crippen LogP) is 3.51. The Bertz CT molecular complexity index is 363. The van der Waals surface area contributed by atoms with E-state index < -0.39 is 0 Å². The molecule has 2 rings (SSSR count). The maximum absolute atomic E-state index is 5.85. The lowest BCUT2D eigenvalue weighted by Crippen LogP contribution is -2.35. The Morgan fingerprint density at radius 2 is 2.30 bits per heavy atom. The van der Waals surface area contributed by atoms with E-state index >= 15 is 0 Å². The summed E-state index contributed by atoms with van der Waals surface area (Å²) in [5, 5.41) is 3.62. The second kappa shape index (κ2) is 8.38. The van der Waals surface area contributed by atoms with Gasteiger partial charge in [0.15, 0.2) is 0 Å². The van der Waals surface area contributed by atoms with Crippen molar-refractivity contribution in [2.24, 2.45) is 0 Å². The van der Waals surface area contributed by atoms with Gasteiger partial charge in [-0.05, 0) is 50.8 Å². The normalized spacial score (nSPS) is 22.4. The molecule has 0 bridgehead atoms. The highest BCUT2D eigenvalue weighted by Crippen LogP contribution is 2.24. The topological polar surface area (TPSA) is 34.1 Å².